The number of nitrogens with zero attached hydrogens (tertiary/aromatic N) is 2. The van der Waals surface area contributed by atoms with Crippen LogP contribution in [0.2, 0.25) is 0 Å². The predicted octanol–water partition coefficient (Wildman–Crippen LogP) is 0.900. The topological polar surface area (TPSA) is 65.4 Å². The molecule has 1 aliphatic rings. The number of nitriles is 1. The number of carbonyl (C=O) groups excluding carboxylic acids is 1. The molecule has 0 aliphatic carbocycles. The minimum absolute atomic E-state index is 0.0124. The van der Waals surface area contributed by atoms with Crippen molar-refractivity contribution < 1.29 is 9.53 Å². The Morgan fingerprint density at radius 1 is 1.53 bits per heavy atom. The van der Waals surface area contributed by atoms with Crippen molar-refractivity contribution in [2.75, 3.05) is 31.6 Å². The van der Waals surface area contributed by atoms with Crippen molar-refractivity contribution in [2.45, 2.75) is 12.5 Å². The molecule has 0 radical (unpaired) electrons. The van der Waals surface area contributed by atoms with E-state index in [9.17, 15) is 4.79 Å². The molecule has 1 N–H and O–H groups in total. The molecule has 1 unspecified atom stereocenters. The second-order valence-corrected chi connectivity index (χ2v) is 4.51. The SMILES string of the molecule is CN(C(=O)CC1CNCCO1)c1ccc(C#N)cc1. The van der Waals surface area contributed by atoms with Crippen LogP contribution in [0.5, 0.6) is 0 Å². The van der Waals surface area contributed by atoms with Gasteiger partial charge in [-0.2, -0.15) is 5.26 Å². The molecule has 0 aromatic heterocycles. The number of rotatable bonds is 3. The molecule has 1 saturated heterocycles. The standard InChI is InChI=1S/C14H17N3O2/c1-17(12-4-2-11(9-15)3-5-12)14(18)8-13-10-16-6-7-19-13/h2-5,13,16H,6-8,10H2,1H3. The predicted molar refractivity (Wildman–Crippen MR) is 71.8 cm³/mol. The number of carbonyl (C=O) groups is 1. The average molecular weight is 259 g/mol. The summed E-state index contributed by atoms with van der Waals surface area (Å²) < 4.78 is 5.52. The molecule has 1 aromatic rings. The Labute approximate surface area is 112 Å². The number of ether oxygens (including phenoxy) is 1. The summed E-state index contributed by atoms with van der Waals surface area (Å²) in [5.74, 6) is 0.0124. The Morgan fingerprint density at radius 2 is 2.26 bits per heavy atom. The smallest absolute Gasteiger partial charge is 0.229 e. The maximum absolute atomic E-state index is 12.1. The second kappa shape index (κ2) is 6.32. The van der Waals surface area contributed by atoms with Crippen molar-refractivity contribution >= 4 is 11.6 Å². The molecule has 1 fully saturated rings. The highest BCUT2D eigenvalue weighted by molar-refractivity contribution is 5.93. The molecular weight excluding hydrogens is 242 g/mol. The van der Waals surface area contributed by atoms with E-state index in [1.165, 1.54) is 0 Å². The lowest BCUT2D eigenvalue weighted by Crippen LogP contribution is -2.41. The van der Waals surface area contributed by atoms with E-state index < -0.39 is 0 Å². The second-order valence-electron chi connectivity index (χ2n) is 4.51. The van der Waals surface area contributed by atoms with Crippen molar-refractivity contribution in [3.63, 3.8) is 0 Å². The van der Waals surface area contributed by atoms with Gasteiger partial charge in [0.25, 0.3) is 0 Å². The van der Waals surface area contributed by atoms with Crippen molar-refractivity contribution in [3.05, 3.63) is 29.8 Å². The lowest BCUT2D eigenvalue weighted by molar-refractivity contribution is -0.121. The molecule has 0 spiro atoms. The van der Waals surface area contributed by atoms with E-state index in [1.54, 1.807) is 36.2 Å². The van der Waals surface area contributed by atoms with Crippen LogP contribution in [-0.2, 0) is 9.53 Å². The zero-order valence-electron chi connectivity index (χ0n) is 10.9. The largest absolute Gasteiger partial charge is 0.375 e. The first-order chi connectivity index (χ1) is 9.20. The first kappa shape index (κ1) is 13.5. The summed E-state index contributed by atoms with van der Waals surface area (Å²) >= 11 is 0. The van der Waals surface area contributed by atoms with Crippen LogP contribution in [0.3, 0.4) is 0 Å². The highest BCUT2D eigenvalue weighted by Gasteiger charge is 2.20. The lowest BCUT2D eigenvalue weighted by atomic mass is 10.1. The molecule has 100 valence electrons. The summed E-state index contributed by atoms with van der Waals surface area (Å²) in [4.78, 5) is 13.7. The van der Waals surface area contributed by atoms with Crippen LogP contribution >= 0.6 is 0 Å². The van der Waals surface area contributed by atoms with Gasteiger partial charge in [-0.15, -0.1) is 0 Å². The Balaban J connectivity index is 1.95. The number of amides is 1. The van der Waals surface area contributed by atoms with E-state index in [4.69, 9.17) is 10.00 Å². The fraction of sp³-hybridized carbons (Fsp3) is 0.429. The number of nitrogens with one attached hydrogen (secondary N) is 1. The van der Waals surface area contributed by atoms with E-state index in [0.29, 0.717) is 25.1 Å². The number of morpholine rings is 1. The molecule has 1 atom stereocenters. The van der Waals surface area contributed by atoms with E-state index in [0.717, 1.165) is 12.2 Å². The first-order valence-electron chi connectivity index (χ1n) is 6.30. The van der Waals surface area contributed by atoms with Crippen LogP contribution in [0.1, 0.15) is 12.0 Å². The summed E-state index contributed by atoms with van der Waals surface area (Å²) in [6.45, 7) is 2.21. The maximum atomic E-state index is 12.1. The van der Waals surface area contributed by atoms with Gasteiger partial charge in [-0.3, -0.25) is 4.79 Å². The van der Waals surface area contributed by atoms with Gasteiger partial charge in [0.05, 0.1) is 30.8 Å². The monoisotopic (exact) mass is 259 g/mol. The quantitative estimate of drug-likeness (QED) is 0.876. The summed E-state index contributed by atoms with van der Waals surface area (Å²) in [5.41, 5.74) is 1.37. The molecule has 1 heterocycles. The summed E-state index contributed by atoms with van der Waals surface area (Å²) in [6, 6.07) is 9.02. The van der Waals surface area contributed by atoms with E-state index in [-0.39, 0.29) is 12.0 Å². The van der Waals surface area contributed by atoms with E-state index in [1.807, 2.05) is 0 Å². The van der Waals surface area contributed by atoms with Crippen LogP contribution in [0.4, 0.5) is 5.69 Å². The van der Waals surface area contributed by atoms with Gasteiger partial charge in [-0.1, -0.05) is 0 Å². The third-order valence-electron chi connectivity index (χ3n) is 3.16. The van der Waals surface area contributed by atoms with Gasteiger partial charge < -0.3 is 15.0 Å². The Hall–Kier alpha value is -1.90. The molecule has 1 amide bonds. The first-order valence-corrected chi connectivity index (χ1v) is 6.30. The van der Waals surface area contributed by atoms with Gasteiger partial charge in [0.2, 0.25) is 5.91 Å². The summed E-state index contributed by atoms with van der Waals surface area (Å²) in [5, 5.41) is 11.9. The van der Waals surface area contributed by atoms with Crippen LogP contribution in [0, 0.1) is 11.3 Å². The molecule has 1 aromatic carbocycles. The van der Waals surface area contributed by atoms with Gasteiger partial charge in [0, 0.05) is 25.8 Å². The van der Waals surface area contributed by atoms with Gasteiger partial charge in [-0.25, -0.2) is 0 Å². The van der Waals surface area contributed by atoms with Crippen molar-refractivity contribution in [3.8, 4) is 6.07 Å². The minimum Gasteiger partial charge on any atom is -0.375 e. The molecule has 0 saturated carbocycles. The van der Waals surface area contributed by atoms with Crippen LogP contribution in [0.25, 0.3) is 0 Å². The van der Waals surface area contributed by atoms with Crippen molar-refractivity contribution in [1.29, 1.82) is 5.26 Å². The van der Waals surface area contributed by atoms with E-state index in [2.05, 4.69) is 11.4 Å². The highest BCUT2D eigenvalue weighted by Crippen LogP contribution is 2.15. The van der Waals surface area contributed by atoms with Crippen LogP contribution < -0.4 is 10.2 Å². The fourth-order valence-electron chi connectivity index (χ4n) is 1.99. The van der Waals surface area contributed by atoms with Crippen molar-refractivity contribution in [2.24, 2.45) is 0 Å². The molecule has 1 aliphatic heterocycles. The molecule has 5 heteroatoms. The zero-order chi connectivity index (χ0) is 13.7. The maximum Gasteiger partial charge on any atom is 0.229 e. The zero-order valence-corrected chi connectivity index (χ0v) is 10.9. The van der Waals surface area contributed by atoms with Gasteiger partial charge in [-0.05, 0) is 24.3 Å². The normalized spacial score (nSPS) is 18.6. The molecule has 5 nitrogen and oxygen atoms in total. The minimum atomic E-state index is -0.0536. The van der Waals surface area contributed by atoms with E-state index >= 15 is 0 Å². The third-order valence-corrected chi connectivity index (χ3v) is 3.16. The van der Waals surface area contributed by atoms with Gasteiger partial charge >= 0.3 is 0 Å². The number of hydrogen-bond acceptors (Lipinski definition) is 4. The van der Waals surface area contributed by atoms with Crippen LogP contribution in [-0.4, -0.2) is 38.8 Å². The van der Waals surface area contributed by atoms with Gasteiger partial charge in [0.15, 0.2) is 0 Å². The average Bonchev–Trinajstić information content (AvgIpc) is 2.47. The molecule has 0 bridgehead atoms. The molecule has 2 rings (SSSR count). The number of anilines is 1. The molecule has 19 heavy (non-hydrogen) atoms. The van der Waals surface area contributed by atoms with Crippen LogP contribution in [0.15, 0.2) is 24.3 Å². The number of hydrogen-bond donors (Lipinski definition) is 1. The summed E-state index contributed by atoms with van der Waals surface area (Å²) in [7, 11) is 1.74. The Kier molecular flexibility index (Phi) is 4.50. The highest BCUT2D eigenvalue weighted by atomic mass is 16.5. The summed E-state index contributed by atoms with van der Waals surface area (Å²) in [6.07, 6.45) is 0.311. The van der Waals surface area contributed by atoms with Crippen molar-refractivity contribution in [1.82, 2.24) is 5.32 Å². The third kappa shape index (κ3) is 3.53. The molecular formula is C14H17N3O2. The Bertz CT molecular complexity index is 472. The fourth-order valence-corrected chi connectivity index (χ4v) is 1.99. The lowest BCUT2D eigenvalue weighted by Gasteiger charge is -2.25. The number of benzene rings is 1. The van der Waals surface area contributed by atoms with Gasteiger partial charge in [0.1, 0.15) is 0 Å². The Morgan fingerprint density at radius 3 is 2.84 bits per heavy atom.